The average Bonchev–Trinajstić information content (AvgIpc) is 1.85. The summed E-state index contributed by atoms with van der Waals surface area (Å²) >= 11 is 0. The smallest absolute Gasteiger partial charge is 0.329 e. The first-order valence-electron chi connectivity index (χ1n) is 3.01. The van der Waals surface area contributed by atoms with Crippen LogP contribution in [0.3, 0.4) is 0 Å². The summed E-state index contributed by atoms with van der Waals surface area (Å²) in [4.78, 5) is 10.5. The Morgan fingerprint density at radius 1 is 1.56 bits per heavy atom. The number of hydrazine groups is 1. The highest BCUT2D eigenvalue weighted by Crippen LogP contribution is 1.68. The lowest BCUT2D eigenvalue weighted by Crippen LogP contribution is -2.42. The van der Waals surface area contributed by atoms with Crippen molar-refractivity contribution in [1.82, 2.24) is 16.2 Å². The van der Waals surface area contributed by atoms with Gasteiger partial charge in [0.05, 0.1) is 0 Å². The zero-order valence-corrected chi connectivity index (χ0v) is 5.82. The van der Waals surface area contributed by atoms with E-state index in [1.165, 1.54) is 0 Å². The van der Waals surface area contributed by atoms with Crippen LogP contribution >= 0.6 is 0 Å². The van der Waals surface area contributed by atoms with Crippen molar-refractivity contribution in [3.63, 3.8) is 0 Å². The second-order valence-electron chi connectivity index (χ2n) is 1.63. The molecule has 0 aliphatic carbocycles. The van der Waals surface area contributed by atoms with Crippen LogP contribution in [0.4, 0.5) is 4.79 Å². The van der Waals surface area contributed by atoms with Gasteiger partial charge in [0.25, 0.3) is 0 Å². The molecule has 0 aromatic heterocycles. The molecule has 0 aromatic carbocycles. The zero-order valence-electron chi connectivity index (χ0n) is 5.82. The Balaban J connectivity index is 3.06. The van der Waals surface area contributed by atoms with Gasteiger partial charge >= 0.3 is 6.03 Å². The van der Waals surface area contributed by atoms with Gasteiger partial charge in [-0.1, -0.05) is 6.92 Å². The summed E-state index contributed by atoms with van der Waals surface area (Å²) in [5, 5.41) is 2.62. The van der Waals surface area contributed by atoms with Gasteiger partial charge in [-0.15, -0.1) is 0 Å². The third-order valence-corrected chi connectivity index (χ3v) is 0.774. The van der Waals surface area contributed by atoms with Crippen LogP contribution in [0, 0.1) is 0 Å². The summed E-state index contributed by atoms with van der Waals surface area (Å²) in [5.74, 6) is 0. The minimum absolute atomic E-state index is 0.181. The fourth-order valence-corrected chi connectivity index (χ4v) is 0.396. The van der Waals surface area contributed by atoms with Crippen LogP contribution in [0.25, 0.3) is 0 Å². The Kier molecular flexibility index (Phi) is 4.91. The van der Waals surface area contributed by atoms with Gasteiger partial charge in [-0.3, -0.25) is 5.43 Å². The van der Waals surface area contributed by atoms with E-state index in [1.54, 1.807) is 7.05 Å². The number of nitrogens with one attached hydrogen (secondary N) is 3. The van der Waals surface area contributed by atoms with Gasteiger partial charge in [0.15, 0.2) is 0 Å². The molecule has 2 amide bonds. The van der Waals surface area contributed by atoms with E-state index in [9.17, 15) is 4.79 Å². The van der Waals surface area contributed by atoms with Gasteiger partial charge in [-0.05, 0) is 6.42 Å². The van der Waals surface area contributed by atoms with E-state index >= 15 is 0 Å². The third kappa shape index (κ3) is 5.10. The summed E-state index contributed by atoms with van der Waals surface area (Å²) in [6.07, 6.45) is 0.955. The molecule has 0 rings (SSSR count). The lowest BCUT2D eigenvalue weighted by Gasteiger charge is -2.02. The van der Waals surface area contributed by atoms with Crippen LogP contribution in [0.5, 0.6) is 0 Å². The van der Waals surface area contributed by atoms with Crippen molar-refractivity contribution in [2.24, 2.45) is 0 Å². The lowest BCUT2D eigenvalue weighted by molar-refractivity contribution is 0.238. The predicted molar refractivity (Wildman–Crippen MR) is 35.9 cm³/mol. The summed E-state index contributed by atoms with van der Waals surface area (Å²) in [5.41, 5.74) is 4.89. The molecule has 9 heavy (non-hydrogen) atoms. The van der Waals surface area contributed by atoms with Crippen molar-refractivity contribution in [2.75, 3.05) is 13.6 Å². The number of carbonyl (C=O) groups excluding carboxylic acids is 1. The number of hydrogen-bond donors (Lipinski definition) is 3. The van der Waals surface area contributed by atoms with Crippen LogP contribution in [0.15, 0.2) is 0 Å². The first-order chi connectivity index (χ1) is 4.31. The Labute approximate surface area is 55.0 Å². The molecule has 0 saturated carbocycles. The second-order valence-corrected chi connectivity index (χ2v) is 1.63. The molecule has 0 atom stereocenters. The molecule has 4 nitrogen and oxygen atoms in total. The average molecular weight is 131 g/mol. The van der Waals surface area contributed by atoms with Gasteiger partial charge in [-0.2, -0.15) is 0 Å². The molecular formula is C5H13N3O. The van der Waals surface area contributed by atoms with Crippen molar-refractivity contribution >= 4 is 6.03 Å². The Hall–Kier alpha value is -0.770. The highest BCUT2D eigenvalue weighted by Gasteiger charge is 1.91. The molecule has 3 N–H and O–H groups in total. The van der Waals surface area contributed by atoms with Crippen molar-refractivity contribution in [1.29, 1.82) is 0 Å². The molecule has 0 bridgehead atoms. The standard InChI is InChI=1S/C5H13N3O/c1-3-4-7-5(9)8-6-2/h6H,3-4H2,1-2H3,(H2,7,8,9). The molecule has 0 fully saturated rings. The van der Waals surface area contributed by atoms with Crippen molar-refractivity contribution < 1.29 is 4.79 Å². The predicted octanol–water partition coefficient (Wildman–Crippen LogP) is -0.170. The lowest BCUT2D eigenvalue weighted by atomic mass is 10.5. The van der Waals surface area contributed by atoms with Crippen LogP contribution in [0.2, 0.25) is 0 Å². The molecule has 0 aliphatic heterocycles. The molecule has 0 heterocycles. The monoisotopic (exact) mass is 131 g/mol. The molecule has 0 aromatic rings. The van der Waals surface area contributed by atoms with E-state index in [0.29, 0.717) is 6.54 Å². The molecule has 4 heteroatoms. The summed E-state index contributed by atoms with van der Waals surface area (Å²) in [7, 11) is 1.64. The van der Waals surface area contributed by atoms with Gasteiger partial charge in [-0.25, -0.2) is 10.2 Å². The Morgan fingerprint density at radius 3 is 2.67 bits per heavy atom. The number of urea groups is 1. The SMILES string of the molecule is CCCNC(=O)NNC. The van der Waals surface area contributed by atoms with Crippen LogP contribution in [-0.2, 0) is 0 Å². The first kappa shape index (κ1) is 8.23. The maximum Gasteiger partial charge on any atom is 0.329 e. The van der Waals surface area contributed by atoms with Crippen molar-refractivity contribution in [2.45, 2.75) is 13.3 Å². The number of hydrogen-bond acceptors (Lipinski definition) is 2. The fourth-order valence-electron chi connectivity index (χ4n) is 0.396. The largest absolute Gasteiger partial charge is 0.337 e. The Morgan fingerprint density at radius 2 is 2.22 bits per heavy atom. The fraction of sp³-hybridized carbons (Fsp3) is 0.800. The quantitative estimate of drug-likeness (QED) is 0.466. The third-order valence-electron chi connectivity index (χ3n) is 0.774. The molecule has 54 valence electrons. The summed E-state index contributed by atoms with van der Waals surface area (Å²) < 4.78 is 0. The number of rotatable bonds is 3. The molecule has 0 spiro atoms. The zero-order chi connectivity index (χ0) is 7.11. The van der Waals surface area contributed by atoms with E-state index in [-0.39, 0.29) is 6.03 Å². The number of amides is 2. The number of carbonyl (C=O) groups is 1. The molecule has 0 unspecified atom stereocenters. The topological polar surface area (TPSA) is 53.2 Å². The van der Waals surface area contributed by atoms with Crippen LogP contribution in [-0.4, -0.2) is 19.6 Å². The van der Waals surface area contributed by atoms with E-state index in [0.717, 1.165) is 6.42 Å². The van der Waals surface area contributed by atoms with Crippen LogP contribution < -0.4 is 16.2 Å². The van der Waals surface area contributed by atoms with E-state index < -0.39 is 0 Å². The van der Waals surface area contributed by atoms with Crippen molar-refractivity contribution in [3.05, 3.63) is 0 Å². The summed E-state index contributed by atoms with van der Waals surface area (Å²) in [6.45, 7) is 2.72. The second kappa shape index (κ2) is 5.37. The molecule has 0 radical (unpaired) electrons. The maximum atomic E-state index is 10.5. The molecule has 0 saturated heterocycles. The van der Waals surface area contributed by atoms with Crippen molar-refractivity contribution in [3.8, 4) is 0 Å². The van der Waals surface area contributed by atoms with E-state index in [1.807, 2.05) is 6.92 Å². The molecular weight excluding hydrogens is 118 g/mol. The maximum absolute atomic E-state index is 10.5. The highest BCUT2D eigenvalue weighted by atomic mass is 16.2. The van der Waals surface area contributed by atoms with Gasteiger partial charge in [0, 0.05) is 13.6 Å². The van der Waals surface area contributed by atoms with E-state index in [2.05, 4.69) is 16.2 Å². The Bertz CT molecular complexity index is 84.3. The summed E-state index contributed by atoms with van der Waals surface area (Å²) in [6, 6.07) is -0.181. The normalized spacial score (nSPS) is 8.67. The first-order valence-corrected chi connectivity index (χ1v) is 3.01. The highest BCUT2D eigenvalue weighted by molar-refractivity contribution is 5.73. The van der Waals surface area contributed by atoms with Crippen LogP contribution in [0.1, 0.15) is 13.3 Å². The molecule has 0 aliphatic rings. The minimum Gasteiger partial charge on any atom is -0.337 e. The van der Waals surface area contributed by atoms with E-state index in [4.69, 9.17) is 0 Å². The van der Waals surface area contributed by atoms with Gasteiger partial charge in [0.2, 0.25) is 0 Å². The van der Waals surface area contributed by atoms with Gasteiger partial charge < -0.3 is 5.32 Å². The van der Waals surface area contributed by atoms with Gasteiger partial charge in [0.1, 0.15) is 0 Å². The minimum atomic E-state index is -0.181.